The number of nitrogens with one attached hydrogen (secondary N) is 1. The van der Waals surface area contributed by atoms with E-state index >= 15 is 0 Å². The summed E-state index contributed by atoms with van der Waals surface area (Å²) in [6, 6.07) is 19.0. The average molecular weight is 481 g/mol. The number of halogens is 3. The highest BCUT2D eigenvalue weighted by Gasteiger charge is 2.32. The molecule has 3 heterocycles. The van der Waals surface area contributed by atoms with Crippen molar-refractivity contribution in [1.29, 1.82) is 0 Å². The van der Waals surface area contributed by atoms with Crippen LogP contribution in [0.3, 0.4) is 0 Å². The summed E-state index contributed by atoms with van der Waals surface area (Å²) in [6.45, 7) is 2.75. The summed E-state index contributed by atoms with van der Waals surface area (Å²) in [5, 5.41) is 3.18. The summed E-state index contributed by atoms with van der Waals surface area (Å²) in [4.78, 5) is 20.6. The van der Waals surface area contributed by atoms with Crippen LogP contribution in [0.1, 0.15) is 29.7 Å². The zero-order valence-electron chi connectivity index (χ0n) is 19.3. The minimum absolute atomic E-state index is 0.0680. The maximum absolute atomic E-state index is 13.0. The van der Waals surface area contributed by atoms with Gasteiger partial charge in [-0.25, -0.2) is 4.79 Å². The maximum Gasteiger partial charge on any atom is 0.433 e. The van der Waals surface area contributed by atoms with Gasteiger partial charge in [-0.3, -0.25) is 14.8 Å². The number of anilines is 1. The number of hydrogen-bond acceptors (Lipinski definition) is 3. The zero-order chi connectivity index (χ0) is 24.4. The van der Waals surface area contributed by atoms with Gasteiger partial charge < -0.3 is 5.32 Å². The molecule has 3 aromatic rings. The van der Waals surface area contributed by atoms with E-state index in [0.717, 1.165) is 60.8 Å². The van der Waals surface area contributed by atoms with Crippen LogP contribution in [0.25, 0.3) is 11.1 Å². The van der Waals surface area contributed by atoms with Crippen molar-refractivity contribution >= 4 is 11.7 Å². The van der Waals surface area contributed by atoms with E-state index in [2.05, 4.69) is 39.5 Å². The van der Waals surface area contributed by atoms with Crippen molar-refractivity contribution in [2.24, 2.45) is 0 Å². The molecule has 0 unspecified atom stereocenters. The lowest BCUT2D eigenvalue weighted by Gasteiger charge is -2.33. The van der Waals surface area contributed by atoms with Gasteiger partial charge in [-0.1, -0.05) is 42.5 Å². The molecule has 0 atom stereocenters. The predicted octanol–water partition coefficient (Wildman–Crippen LogP) is 5.50. The van der Waals surface area contributed by atoms with Crippen molar-refractivity contribution in [2.45, 2.75) is 38.0 Å². The Hall–Kier alpha value is -3.39. The van der Waals surface area contributed by atoms with Crippen LogP contribution in [0.15, 0.2) is 66.9 Å². The SMILES string of the molecule is O=C(NC1CCN(Cc2ccc(C(F)(F)F)nc2)CC1)N1CCc2cc(-c3ccccc3)ccc21. The molecule has 0 bridgehead atoms. The number of benzene rings is 2. The molecule has 8 heteroatoms. The Morgan fingerprint density at radius 3 is 2.43 bits per heavy atom. The number of fused-ring (bicyclic) bond motifs is 1. The number of piperidine rings is 1. The Morgan fingerprint density at radius 1 is 0.971 bits per heavy atom. The van der Waals surface area contributed by atoms with Crippen LogP contribution in [0.4, 0.5) is 23.7 Å². The maximum atomic E-state index is 13.0. The molecular weight excluding hydrogens is 453 g/mol. The lowest BCUT2D eigenvalue weighted by atomic mass is 10.0. The van der Waals surface area contributed by atoms with Crippen molar-refractivity contribution in [3.63, 3.8) is 0 Å². The number of alkyl halides is 3. The average Bonchev–Trinajstić information content (AvgIpc) is 3.29. The number of aromatic nitrogens is 1. The molecule has 2 amide bonds. The molecule has 35 heavy (non-hydrogen) atoms. The van der Waals surface area contributed by atoms with Crippen molar-refractivity contribution in [3.8, 4) is 11.1 Å². The number of urea groups is 1. The quantitative estimate of drug-likeness (QED) is 0.536. The summed E-state index contributed by atoms with van der Waals surface area (Å²) < 4.78 is 38.1. The van der Waals surface area contributed by atoms with Gasteiger partial charge in [0, 0.05) is 44.1 Å². The standard InChI is InChI=1S/C27H27F3N4O/c28-27(29,30)25-9-6-19(17-31-25)18-33-13-11-23(12-14-33)32-26(35)34-15-10-22-16-21(7-8-24(22)34)20-4-2-1-3-5-20/h1-9,16-17,23H,10-15,18H2,(H,32,35). The number of carbonyl (C=O) groups is 1. The summed E-state index contributed by atoms with van der Waals surface area (Å²) in [5.74, 6) is 0. The van der Waals surface area contributed by atoms with Crippen LogP contribution < -0.4 is 10.2 Å². The Bertz CT molecular complexity index is 1170. The molecule has 2 aliphatic rings. The minimum Gasteiger partial charge on any atom is -0.335 e. The molecule has 1 fully saturated rings. The highest BCUT2D eigenvalue weighted by molar-refractivity contribution is 5.95. The van der Waals surface area contributed by atoms with Gasteiger partial charge in [-0.15, -0.1) is 0 Å². The Morgan fingerprint density at radius 2 is 1.74 bits per heavy atom. The van der Waals surface area contributed by atoms with E-state index in [0.29, 0.717) is 13.1 Å². The fourth-order valence-corrected chi connectivity index (χ4v) is 4.85. The van der Waals surface area contributed by atoms with Crippen LogP contribution in [-0.4, -0.2) is 41.6 Å². The summed E-state index contributed by atoms with van der Waals surface area (Å²) in [7, 11) is 0. The first-order valence-electron chi connectivity index (χ1n) is 11.9. The summed E-state index contributed by atoms with van der Waals surface area (Å²) in [5.41, 5.74) is 4.35. The highest BCUT2D eigenvalue weighted by atomic mass is 19.4. The van der Waals surface area contributed by atoms with Crippen molar-refractivity contribution in [1.82, 2.24) is 15.2 Å². The van der Waals surface area contributed by atoms with Gasteiger partial charge in [0.25, 0.3) is 0 Å². The number of hydrogen-bond donors (Lipinski definition) is 1. The number of rotatable bonds is 4. The highest BCUT2D eigenvalue weighted by Crippen LogP contribution is 2.32. The first-order valence-corrected chi connectivity index (χ1v) is 11.9. The smallest absolute Gasteiger partial charge is 0.335 e. The van der Waals surface area contributed by atoms with Gasteiger partial charge in [0.05, 0.1) is 0 Å². The second-order valence-corrected chi connectivity index (χ2v) is 9.16. The van der Waals surface area contributed by atoms with E-state index in [1.54, 1.807) is 0 Å². The minimum atomic E-state index is -4.42. The number of amides is 2. The fourth-order valence-electron chi connectivity index (χ4n) is 4.85. The van der Waals surface area contributed by atoms with E-state index in [1.807, 2.05) is 29.2 Å². The Labute approximate surface area is 202 Å². The first kappa shape index (κ1) is 23.4. The van der Waals surface area contributed by atoms with Gasteiger partial charge in [0.2, 0.25) is 0 Å². The topological polar surface area (TPSA) is 48.5 Å². The number of likely N-dealkylation sites (tertiary alicyclic amines) is 1. The third-order valence-corrected chi connectivity index (χ3v) is 6.76. The molecule has 1 N–H and O–H groups in total. The largest absolute Gasteiger partial charge is 0.433 e. The lowest BCUT2D eigenvalue weighted by molar-refractivity contribution is -0.141. The molecule has 0 radical (unpaired) electrons. The molecule has 182 valence electrons. The number of nitrogens with zero attached hydrogens (tertiary/aromatic N) is 3. The van der Waals surface area contributed by atoms with Crippen molar-refractivity contribution < 1.29 is 18.0 Å². The van der Waals surface area contributed by atoms with Gasteiger partial charge >= 0.3 is 12.2 Å². The molecule has 5 nitrogen and oxygen atoms in total. The van der Waals surface area contributed by atoms with Gasteiger partial charge in [-0.05, 0) is 59.7 Å². The molecule has 0 aliphatic carbocycles. The first-order chi connectivity index (χ1) is 16.9. The third-order valence-electron chi connectivity index (χ3n) is 6.76. The van der Waals surface area contributed by atoms with Gasteiger partial charge in [0.1, 0.15) is 5.69 Å². The predicted molar refractivity (Wildman–Crippen MR) is 129 cm³/mol. The zero-order valence-corrected chi connectivity index (χ0v) is 19.3. The van der Waals surface area contributed by atoms with E-state index < -0.39 is 11.9 Å². The van der Waals surface area contributed by atoms with Crippen LogP contribution in [0.5, 0.6) is 0 Å². The van der Waals surface area contributed by atoms with Crippen LogP contribution in [0.2, 0.25) is 0 Å². The Kier molecular flexibility index (Phi) is 6.47. The molecule has 1 saturated heterocycles. The normalized spacial score (nSPS) is 16.8. The monoisotopic (exact) mass is 480 g/mol. The molecular formula is C27H27F3N4O. The van der Waals surface area contributed by atoms with Crippen LogP contribution in [-0.2, 0) is 19.1 Å². The number of carbonyl (C=O) groups excluding carboxylic acids is 1. The fraction of sp³-hybridized carbons (Fsp3) is 0.333. The second kappa shape index (κ2) is 9.70. The van der Waals surface area contributed by atoms with Crippen molar-refractivity contribution in [2.75, 3.05) is 24.5 Å². The van der Waals surface area contributed by atoms with Gasteiger partial charge in [0.15, 0.2) is 0 Å². The Balaban J connectivity index is 1.13. The van der Waals surface area contributed by atoms with E-state index in [-0.39, 0.29) is 12.1 Å². The van der Waals surface area contributed by atoms with Crippen LogP contribution >= 0.6 is 0 Å². The molecule has 0 saturated carbocycles. The lowest BCUT2D eigenvalue weighted by Crippen LogP contribution is -2.48. The molecule has 5 rings (SSSR count). The number of pyridine rings is 1. The second-order valence-electron chi connectivity index (χ2n) is 9.16. The summed E-state index contributed by atoms with van der Waals surface area (Å²) in [6.07, 6.45) is -0.691. The molecule has 2 aromatic carbocycles. The summed E-state index contributed by atoms with van der Waals surface area (Å²) >= 11 is 0. The molecule has 0 spiro atoms. The van der Waals surface area contributed by atoms with E-state index in [1.165, 1.54) is 17.8 Å². The molecule has 1 aromatic heterocycles. The van der Waals surface area contributed by atoms with E-state index in [9.17, 15) is 18.0 Å². The van der Waals surface area contributed by atoms with E-state index in [4.69, 9.17) is 0 Å². The van der Waals surface area contributed by atoms with Crippen molar-refractivity contribution in [3.05, 3.63) is 83.7 Å². The molecule has 2 aliphatic heterocycles. The van der Waals surface area contributed by atoms with Gasteiger partial charge in [-0.2, -0.15) is 13.2 Å². The van der Waals surface area contributed by atoms with Crippen LogP contribution in [0, 0.1) is 0 Å². The third kappa shape index (κ3) is 5.32.